The highest BCUT2D eigenvalue weighted by atomic mass is 32.1. The second-order valence-corrected chi connectivity index (χ2v) is 6.36. The van der Waals surface area contributed by atoms with Crippen LogP contribution in [-0.4, -0.2) is 17.8 Å². The Balaban J connectivity index is 1.66. The number of anilines is 1. The molecule has 2 aromatic carbocycles. The van der Waals surface area contributed by atoms with Crippen molar-refractivity contribution in [2.45, 2.75) is 32.9 Å². The first-order chi connectivity index (χ1) is 12.0. The number of halogens is 1. The van der Waals surface area contributed by atoms with E-state index in [9.17, 15) is 4.39 Å². The van der Waals surface area contributed by atoms with Crippen molar-refractivity contribution in [1.29, 1.82) is 0 Å². The van der Waals surface area contributed by atoms with Gasteiger partial charge >= 0.3 is 0 Å². The van der Waals surface area contributed by atoms with Gasteiger partial charge in [-0.05, 0) is 62.5 Å². The van der Waals surface area contributed by atoms with Crippen LogP contribution in [0.4, 0.5) is 10.1 Å². The van der Waals surface area contributed by atoms with E-state index in [1.807, 2.05) is 13.0 Å². The molecule has 2 N–H and O–H groups in total. The van der Waals surface area contributed by atoms with E-state index < -0.39 is 0 Å². The molecule has 1 aliphatic heterocycles. The average molecular weight is 360 g/mol. The smallest absolute Gasteiger partial charge is 0.171 e. The molecular formula is C19H21FN2O2S. The van der Waals surface area contributed by atoms with E-state index in [0.29, 0.717) is 18.3 Å². The van der Waals surface area contributed by atoms with Crippen LogP contribution in [0.1, 0.15) is 25.0 Å². The predicted octanol–water partition coefficient (Wildman–Crippen LogP) is 4.03. The second kappa shape index (κ2) is 7.70. The minimum Gasteiger partial charge on any atom is -0.494 e. The van der Waals surface area contributed by atoms with Gasteiger partial charge in [-0.1, -0.05) is 0 Å². The van der Waals surface area contributed by atoms with Crippen LogP contribution >= 0.6 is 12.2 Å². The van der Waals surface area contributed by atoms with Crippen molar-refractivity contribution in [3.05, 3.63) is 53.3 Å². The first-order valence-corrected chi connectivity index (χ1v) is 8.71. The van der Waals surface area contributed by atoms with Gasteiger partial charge in [-0.3, -0.25) is 0 Å². The van der Waals surface area contributed by atoms with Gasteiger partial charge in [-0.15, -0.1) is 0 Å². The molecule has 132 valence electrons. The normalized spacial score (nSPS) is 15.2. The number of ether oxygens (including phenoxy) is 2. The van der Waals surface area contributed by atoms with E-state index >= 15 is 0 Å². The number of thiocarbonyl (C=S) groups is 1. The zero-order valence-corrected chi connectivity index (χ0v) is 15.1. The molecule has 3 rings (SSSR count). The summed E-state index contributed by atoms with van der Waals surface area (Å²) in [6.45, 7) is 5.12. The predicted molar refractivity (Wildman–Crippen MR) is 101 cm³/mol. The molecule has 25 heavy (non-hydrogen) atoms. The highest BCUT2D eigenvalue weighted by Crippen LogP contribution is 2.35. The Morgan fingerprint density at radius 1 is 1.32 bits per heavy atom. The third-order valence-corrected chi connectivity index (χ3v) is 4.17. The summed E-state index contributed by atoms with van der Waals surface area (Å²) in [5, 5.41) is 6.65. The van der Waals surface area contributed by atoms with Crippen molar-refractivity contribution in [3.63, 3.8) is 0 Å². The monoisotopic (exact) mass is 360 g/mol. The lowest BCUT2D eigenvalue weighted by Crippen LogP contribution is -2.28. The van der Waals surface area contributed by atoms with Crippen LogP contribution in [-0.2, 0) is 13.0 Å². The quantitative estimate of drug-likeness (QED) is 0.788. The van der Waals surface area contributed by atoms with E-state index in [1.54, 1.807) is 12.1 Å². The molecule has 1 aliphatic rings. The Labute approximate surface area is 152 Å². The molecule has 1 atom stereocenters. The molecule has 0 radical (unpaired) electrons. The maximum absolute atomic E-state index is 12.9. The number of fused-ring (bicyclic) bond motifs is 1. The highest BCUT2D eigenvalue weighted by molar-refractivity contribution is 7.80. The largest absolute Gasteiger partial charge is 0.494 e. The van der Waals surface area contributed by atoms with Crippen molar-refractivity contribution in [1.82, 2.24) is 5.32 Å². The summed E-state index contributed by atoms with van der Waals surface area (Å²) < 4.78 is 24.5. The summed E-state index contributed by atoms with van der Waals surface area (Å²) in [6, 6.07) is 10.1. The van der Waals surface area contributed by atoms with Crippen LogP contribution in [0.2, 0.25) is 0 Å². The van der Waals surface area contributed by atoms with Crippen molar-refractivity contribution in [3.8, 4) is 11.5 Å². The maximum Gasteiger partial charge on any atom is 0.171 e. The molecule has 0 fully saturated rings. The summed E-state index contributed by atoms with van der Waals surface area (Å²) in [6.07, 6.45) is 1.09. The van der Waals surface area contributed by atoms with Crippen LogP contribution in [0.3, 0.4) is 0 Å². The van der Waals surface area contributed by atoms with Gasteiger partial charge in [0.1, 0.15) is 23.4 Å². The number of hydrogen-bond acceptors (Lipinski definition) is 3. The van der Waals surface area contributed by atoms with E-state index in [-0.39, 0.29) is 11.9 Å². The Bertz CT molecular complexity index is 765. The van der Waals surface area contributed by atoms with Gasteiger partial charge < -0.3 is 20.1 Å². The number of rotatable bonds is 5. The molecular weight excluding hydrogens is 339 g/mol. The van der Waals surface area contributed by atoms with Crippen molar-refractivity contribution >= 4 is 23.0 Å². The van der Waals surface area contributed by atoms with Gasteiger partial charge in [0.25, 0.3) is 0 Å². The van der Waals surface area contributed by atoms with Gasteiger partial charge in [0, 0.05) is 29.8 Å². The van der Waals surface area contributed by atoms with Gasteiger partial charge in [0.15, 0.2) is 5.11 Å². The van der Waals surface area contributed by atoms with Crippen molar-refractivity contribution in [2.24, 2.45) is 0 Å². The minimum atomic E-state index is -0.279. The van der Waals surface area contributed by atoms with Crippen LogP contribution < -0.4 is 20.1 Å². The molecule has 0 aromatic heterocycles. The third-order valence-electron chi connectivity index (χ3n) is 3.92. The van der Waals surface area contributed by atoms with E-state index in [1.165, 1.54) is 17.7 Å². The van der Waals surface area contributed by atoms with E-state index in [4.69, 9.17) is 21.7 Å². The molecule has 0 aliphatic carbocycles. The Morgan fingerprint density at radius 3 is 2.80 bits per heavy atom. The summed E-state index contributed by atoms with van der Waals surface area (Å²) in [4.78, 5) is 0. The number of nitrogens with one attached hydrogen (secondary N) is 2. The Kier molecular flexibility index (Phi) is 5.38. The highest BCUT2D eigenvalue weighted by Gasteiger charge is 2.21. The first kappa shape index (κ1) is 17.5. The molecule has 0 saturated carbocycles. The molecule has 6 heteroatoms. The van der Waals surface area contributed by atoms with Crippen LogP contribution in [0.5, 0.6) is 11.5 Å². The lowest BCUT2D eigenvalue weighted by atomic mass is 10.1. The van der Waals surface area contributed by atoms with Crippen LogP contribution in [0.25, 0.3) is 0 Å². The van der Waals surface area contributed by atoms with Gasteiger partial charge in [0.05, 0.1) is 6.61 Å². The van der Waals surface area contributed by atoms with Crippen LogP contribution in [0, 0.1) is 5.82 Å². The van der Waals surface area contributed by atoms with Gasteiger partial charge in [0.2, 0.25) is 0 Å². The molecule has 0 saturated heterocycles. The fraction of sp³-hybridized carbons (Fsp3) is 0.316. The topological polar surface area (TPSA) is 42.5 Å². The van der Waals surface area contributed by atoms with Gasteiger partial charge in [-0.2, -0.15) is 0 Å². The molecule has 2 aromatic rings. The molecule has 4 nitrogen and oxygen atoms in total. The minimum absolute atomic E-state index is 0.189. The zero-order chi connectivity index (χ0) is 17.8. The lowest BCUT2D eigenvalue weighted by Gasteiger charge is -2.15. The fourth-order valence-electron chi connectivity index (χ4n) is 2.79. The molecule has 0 unspecified atom stereocenters. The van der Waals surface area contributed by atoms with Crippen molar-refractivity contribution in [2.75, 3.05) is 11.9 Å². The van der Waals surface area contributed by atoms with E-state index in [0.717, 1.165) is 29.2 Å². The molecule has 1 heterocycles. The standard InChI is InChI=1S/C19H21FN2O2S/c1-3-23-17-9-13-8-12(2)24-18(13)10-14(17)11-21-19(25)22-16-6-4-15(20)5-7-16/h4-7,9-10,12H,3,8,11H2,1-2H3,(H2,21,22,25)/t12-/m1/s1. The summed E-state index contributed by atoms with van der Waals surface area (Å²) in [5.74, 6) is 1.47. The lowest BCUT2D eigenvalue weighted by molar-refractivity contribution is 0.254. The second-order valence-electron chi connectivity index (χ2n) is 5.95. The average Bonchev–Trinajstić information content (AvgIpc) is 2.94. The summed E-state index contributed by atoms with van der Waals surface area (Å²) in [7, 11) is 0. The molecule has 0 spiro atoms. The van der Waals surface area contributed by atoms with E-state index in [2.05, 4.69) is 23.6 Å². The Morgan fingerprint density at radius 2 is 2.08 bits per heavy atom. The number of hydrogen-bond donors (Lipinski definition) is 2. The molecule has 0 amide bonds. The van der Waals surface area contributed by atoms with Crippen LogP contribution in [0.15, 0.2) is 36.4 Å². The number of benzene rings is 2. The Hall–Kier alpha value is -2.34. The third kappa shape index (κ3) is 4.39. The summed E-state index contributed by atoms with van der Waals surface area (Å²) >= 11 is 5.31. The SMILES string of the molecule is CCOc1cc2c(cc1CNC(=S)Nc1ccc(F)cc1)O[C@H](C)C2. The maximum atomic E-state index is 12.9. The zero-order valence-electron chi connectivity index (χ0n) is 14.3. The fourth-order valence-corrected chi connectivity index (χ4v) is 2.98. The van der Waals surface area contributed by atoms with Gasteiger partial charge in [-0.25, -0.2) is 4.39 Å². The summed E-state index contributed by atoms with van der Waals surface area (Å²) in [5.41, 5.74) is 2.89. The molecule has 0 bridgehead atoms. The van der Waals surface area contributed by atoms with Crippen molar-refractivity contribution < 1.29 is 13.9 Å². The first-order valence-electron chi connectivity index (χ1n) is 8.31.